The van der Waals surface area contributed by atoms with Crippen LogP contribution in [-0.4, -0.2) is 24.1 Å². The first-order valence-corrected chi connectivity index (χ1v) is 9.63. The van der Waals surface area contributed by atoms with Gasteiger partial charge >= 0.3 is 0 Å². The van der Waals surface area contributed by atoms with E-state index >= 15 is 0 Å². The van der Waals surface area contributed by atoms with E-state index in [-0.39, 0.29) is 16.1 Å². The highest BCUT2D eigenvalue weighted by molar-refractivity contribution is 7.89. The SMILES string of the molecule is CC(NC(=O)c1nn(C)c(=O)c2ccccc12)c1ccc(S(N)(=O)=O)cc1. The number of rotatable bonds is 4. The lowest BCUT2D eigenvalue weighted by atomic mass is 10.1. The van der Waals surface area contributed by atoms with E-state index in [1.54, 1.807) is 43.3 Å². The van der Waals surface area contributed by atoms with Crippen LogP contribution in [0.5, 0.6) is 0 Å². The van der Waals surface area contributed by atoms with Gasteiger partial charge in [0.05, 0.1) is 16.3 Å². The van der Waals surface area contributed by atoms with Gasteiger partial charge in [0.2, 0.25) is 10.0 Å². The molecule has 0 saturated carbocycles. The van der Waals surface area contributed by atoms with Gasteiger partial charge in [-0.3, -0.25) is 9.59 Å². The van der Waals surface area contributed by atoms with Gasteiger partial charge in [-0.15, -0.1) is 0 Å². The van der Waals surface area contributed by atoms with Crippen molar-refractivity contribution < 1.29 is 13.2 Å². The molecule has 9 heteroatoms. The second kappa shape index (κ2) is 6.93. The molecule has 0 bridgehead atoms. The number of hydrogen-bond donors (Lipinski definition) is 2. The summed E-state index contributed by atoms with van der Waals surface area (Å²) in [6, 6.07) is 12.3. The van der Waals surface area contributed by atoms with Crippen molar-refractivity contribution in [3.05, 3.63) is 70.1 Å². The minimum absolute atomic E-state index is 0.00417. The van der Waals surface area contributed by atoms with Gasteiger partial charge in [-0.1, -0.05) is 30.3 Å². The second-order valence-electron chi connectivity index (χ2n) is 6.13. The van der Waals surface area contributed by atoms with Crippen LogP contribution in [0.1, 0.15) is 29.0 Å². The number of aromatic nitrogens is 2. The molecular formula is C18H18N4O4S. The number of nitrogens with two attached hydrogens (primary N) is 1. The van der Waals surface area contributed by atoms with Crippen LogP contribution < -0.4 is 16.0 Å². The number of amides is 1. The maximum Gasteiger partial charge on any atom is 0.274 e. The summed E-state index contributed by atoms with van der Waals surface area (Å²) in [4.78, 5) is 24.9. The smallest absolute Gasteiger partial charge is 0.274 e. The lowest BCUT2D eigenvalue weighted by molar-refractivity contribution is 0.0934. The molecule has 1 unspecified atom stereocenters. The summed E-state index contributed by atoms with van der Waals surface area (Å²) in [5.74, 6) is -0.440. The maximum atomic E-state index is 12.7. The quantitative estimate of drug-likeness (QED) is 0.694. The molecule has 1 atom stereocenters. The van der Waals surface area contributed by atoms with Gasteiger partial charge in [-0.05, 0) is 30.7 Å². The van der Waals surface area contributed by atoms with Gasteiger partial charge in [-0.25, -0.2) is 18.2 Å². The van der Waals surface area contributed by atoms with Crippen LogP contribution in [0.3, 0.4) is 0 Å². The molecule has 27 heavy (non-hydrogen) atoms. The zero-order valence-electron chi connectivity index (χ0n) is 14.7. The highest BCUT2D eigenvalue weighted by Crippen LogP contribution is 2.18. The number of nitrogens with one attached hydrogen (secondary N) is 1. The lowest BCUT2D eigenvalue weighted by Crippen LogP contribution is -2.31. The molecule has 8 nitrogen and oxygen atoms in total. The topological polar surface area (TPSA) is 124 Å². The lowest BCUT2D eigenvalue weighted by Gasteiger charge is -2.15. The van der Waals surface area contributed by atoms with Crippen molar-refractivity contribution in [2.45, 2.75) is 17.9 Å². The predicted octanol–water partition coefficient (Wildman–Crippen LogP) is 1.07. The monoisotopic (exact) mass is 386 g/mol. The Morgan fingerprint density at radius 3 is 2.30 bits per heavy atom. The predicted molar refractivity (Wildman–Crippen MR) is 101 cm³/mol. The number of aryl methyl sites for hydroxylation is 1. The van der Waals surface area contributed by atoms with Gasteiger partial charge < -0.3 is 5.32 Å². The second-order valence-corrected chi connectivity index (χ2v) is 7.69. The van der Waals surface area contributed by atoms with Crippen molar-refractivity contribution in [2.24, 2.45) is 12.2 Å². The molecule has 3 rings (SSSR count). The molecule has 0 aliphatic rings. The molecule has 140 valence electrons. The van der Waals surface area contributed by atoms with Crippen molar-refractivity contribution in [3.63, 3.8) is 0 Å². The number of carbonyl (C=O) groups is 1. The van der Waals surface area contributed by atoms with Crippen LogP contribution in [0.4, 0.5) is 0 Å². The normalized spacial score (nSPS) is 12.7. The summed E-state index contributed by atoms with van der Waals surface area (Å²) in [7, 11) is -2.29. The summed E-state index contributed by atoms with van der Waals surface area (Å²) in [6.45, 7) is 1.76. The summed E-state index contributed by atoms with van der Waals surface area (Å²) in [5, 5.41) is 12.9. The Kier molecular flexibility index (Phi) is 4.81. The third-order valence-electron chi connectivity index (χ3n) is 4.23. The van der Waals surface area contributed by atoms with Crippen molar-refractivity contribution in [1.82, 2.24) is 15.1 Å². The highest BCUT2D eigenvalue weighted by Gasteiger charge is 2.18. The van der Waals surface area contributed by atoms with Crippen LogP contribution in [0.15, 0.2) is 58.2 Å². The van der Waals surface area contributed by atoms with Crippen molar-refractivity contribution >= 4 is 26.7 Å². The molecule has 0 aliphatic heterocycles. The first-order chi connectivity index (χ1) is 12.7. The van der Waals surface area contributed by atoms with Crippen LogP contribution in [0.2, 0.25) is 0 Å². The van der Waals surface area contributed by atoms with E-state index in [2.05, 4.69) is 10.4 Å². The molecule has 0 saturated heterocycles. The molecule has 3 N–H and O–H groups in total. The van der Waals surface area contributed by atoms with Crippen LogP contribution in [0.25, 0.3) is 10.8 Å². The van der Waals surface area contributed by atoms with E-state index in [9.17, 15) is 18.0 Å². The van der Waals surface area contributed by atoms with Gasteiger partial charge in [0.1, 0.15) is 0 Å². The molecule has 0 fully saturated rings. The van der Waals surface area contributed by atoms with Crippen molar-refractivity contribution in [2.75, 3.05) is 0 Å². The first kappa shape index (κ1) is 18.7. The number of sulfonamides is 1. The highest BCUT2D eigenvalue weighted by atomic mass is 32.2. The maximum absolute atomic E-state index is 12.7. The zero-order chi connectivity index (χ0) is 19.8. The number of hydrogen-bond acceptors (Lipinski definition) is 5. The largest absolute Gasteiger partial charge is 0.344 e. The fourth-order valence-electron chi connectivity index (χ4n) is 2.76. The minimum Gasteiger partial charge on any atom is -0.344 e. The minimum atomic E-state index is -3.77. The standard InChI is InChI=1S/C18H18N4O4S/c1-11(12-7-9-13(10-8-12)27(19,25)26)20-17(23)16-14-5-3-4-6-15(14)18(24)22(2)21-16/h3-11H,1-2H3,(H,20,23)(H2,19,25,26). The van der Waals surface area contributed by atoms with Crippen molar-refractivity contribution in [3.8, 4) is 0 Å². The van der Waals surface area contributed by atoms with Gasteiger partial charge in [-0.2, -0.15) is 5.10 Å². The fourth-order valence-corrected chi connectivity index (χ4v) is 3.28. The van der Waals surface area contributed by atoms with Crippen LogP contribution >= 0.6 is 0 Å². The molecule has 1 aromatic heterocycles. The van der Waals surface area contributed by atoms with E-state index in [0.717, 1.165) is 4.68 Å². The van der Waals surface area contributed by atoms with Crippen molar-refractivity contribution in [1.29, 1.82) is 0 Å². The van der Waals surface area contributed by atoms with E-state index in [1.165, 1.54) is 19.2 Å². The number of fused-ring (bicyclic) bond motifs is 1. The first-order valence-electron chi connectivity index (χ1n) is 8.08. The Morgan fingerprint density at radius 1 is 1.11 bits per heavy atom. The van der Waals surface area contributed by atoms with Gasteiger partial charge in [0.25, 0.3) is 11.5 Å². The summed E-state index contributed by atoms with van der Waals surface area (Å²) >= 11 is 0. The average molecular weight is 386 g/mol. The van der Waals surface area contributed by atoms with E-state index in [1.807, 2.05) is 0 Å². The van der Waals surface area contributed by atoms with Crippen LogP contribution in [-0.2, 0) is 17.1 Å². The number of benzene rings is 2. The molecule has 2 aromatic carbocycles. The Labute approximate surface area is 155 Å². The molecule has 0 spiro atoms. The van der Waals surface area contributed by atoms with E-state index in [4.69, 9.17) is 5.14 Å². The number of nitrogens with zero attached hydrogens (tertiary/aromatic N) is 2. The molecule has 1 heterocycles. The summed E-state index contributed by atoms with van der Waals surface area (Å²) in [6.07, 6.45) is 0. The molecule has 1 amide bonds. The summed E-state index contributed by atoms with van der Waals surface area (Å²) < 4.78 is 23.8. The van der Waals surface area contributed by atoms with E-state index in [0.29, 0.717) is 16.3 Å². The van der Waals surface area contributed by atoms with Crippen LogP contribution in [0, 0.1) is 0 Å². The zero-order valence-corrected chi connectivity index (χ0v) is 15.5. The summed E-state index contributed by atoms with van der Waals surface area (Å²) in [5.41, 5.74) is 0.555. The number of primary sulfonamides is 1. The molecule has 3 aromatic rings. The van der Waals surface area contributed by atoms with Gasteiger partial charge in [0.15, 0.2) is 5.69 Å². The Bertz CT molecular complexity index is 1180. The average Bonchev–Trinajstić information content (AvgIpc) is 2.64. The van der Waals surface area contributed by atoms with Gasteiger partial charge in [0, 0.05) is 12.4 Å². The fraction of sp³-hybridized carbons (Fsp3) is 0.167. The van der Waals surface area contributed by atoms with E-state index < -0.39 is 22.0 Å². The molecule has 0 aliphatic carbocycles. The molecular weight excluding hydrogens is 368 g/mol. The Balaban J connectivity index is 1.91. The third kappa shape index (κ3) is 3.74. The number of carbonyl (C=O) groups excluding carboxylic acids is 1. The Hall–Kier alpha value is -3.04. The molecule has 0 radical (unpaired) electrons. The Morgan fingerprint density at radius 2 is 1.70 bits per heavy atom. The third-order valence-corrected chi connectivity index (χ3v) is 5.16.